The molecule has 0 bridgehead atoms. The van der Waals surface area contributed by atoms with Gasteiger partial charge >= 0.3 is 6.03 Å². The van der Waals surface area contributed by atoms with E-state index >= 15 is 0 Å². The number of hydrogen-bond donors (Lipinski definition) is 2. The Kier molecular flexibility index (Phi) is 3.66. The van der Waals surface area contributed by atoms with Crippen molar-refractivity contribution in [1.29, 1.82) is 0 Å². The first-order chi connectivity index (χ1) is 7.74. The topological polar surface area (TPSA) is 54.0 Å². The Bertz CT molecular complexity index is 379. The van der Waals surface area contributed by atoms with Gasteiger partial charge in [-0.1, -0.05) is 6.07 Å². The van der Waals surface area contributed by atoms with Gasteiger partial charge in [-0.05, 0) is 36.5 Å². The summed E-state index contributed by atoms with van der Waals surface area (Å²) in [5.74, 6) is 3.55. The minimum atomic E-state index is -0.171. The lowest BCUT2D eigenvalue weighted by Crippen LogP contribution is -2.37. The second-order valence-electron chi connectivity index (χ2n) is 3.90. The lowest BCUT2D eigenvalue weighted by molar-refractivity contribution is 0.251. The monoisotopic (exact) mass is 237 g/mol. The van der Waals surface area contributed by atoms with E-state index in [9.17, 15) is 4.79 Å². The molecule has 0 atom stereocenters. The van der Waals surface area contributed by atoms with Gasteiger partial charge in [0.1, 0.15) is 5.82 Å². The molecule has 16 heavy (non-hydrogen) atoms. The minimum Gasteiger partial charge on any atom is -0.337 e. The second-order valence-corrected chi connectivity index (χ2v) is 4.98. The molecule has 1 saturated heterocycles. The zero-order valence-corrected chi connectivity index (χ0v) is 10.0. The van der Waals surface area contributed by atoms with Crippen LogP contribution in [0.2, 0.25) is 0 Å². The van der Waals surface area contributed by atoms with Gasteiger partial charge < -0.3 is 5.32 Å². The summed E-state index contributed by atoms with van der Waals surface area (Å²) in [4.78, 5) is 15.7. The predicted molar refractivity (Wildman–Crippen MR) is 66.8 cm³/mol. The first-order valence-corrected chi connectivity index (χ1v) is 6.46. The van der Waals surface area contributed by atoms with Gasteiger partial charge in [-0.15, -0.1) is 0 Å². The molecule has 1 fully saturated rings. The molecule has 86 valence electrons. The van der Waals surface area contributed by atoms with Gasteiger partial charge in [-0.25, -0.2) is 9.78 Å². The van der Waals surface area contributed by atoms with Crippen molar-refractivity contribution < 1.29 is 4.79 Å². The molecule has 2 amide bonds. The van der Waals surface area contributed by atoms with E-state index in [1.807, 2.05) is 30.8 Å². The molecular formula is C11H15N3OS. The number of carbonyl (C=O) groups excluding carboxylic acids is 1. The third-order valence-corrected chi connectivity index (χ3v) is 3.80. The average molecular weight is 237 g/mol. The number of rotatable bonds is 3. The van der Waals surface area contributed by atoms with Crippen LogP contribution in [-0.2, 0) is 0 Å². The molecule has 0 unspecified atom stereocenters. The van der Waals surface area contributed by atoms with E-state index in [-0.39, 0.29) is 6.03 Å². The largest absolute Gasteiger partial charge is 0.337 e. The van der Waals surface area contributed by atoms with Crippen LogP contribution in [0, 0.1) is 12.8 Å². The highest BCUT2D eigenvalue weighted by Crippen LogP contribution is 2.23. The number of nitrogens with zero attached hydrogens (tertiary/aromatic N) is 1. The van der Waals surface area contributed by atoms with E-state index in [1.165, 1.54) is 0 Å². The zero-order chi connectivity index (χ0) is 11.4. The third-order valence-electron chi connectivity index (χ3n) is 2.39. The molecule has 0 radical (unpaired) electrons. The van der Waals surface area contributed by atoms with Crippen molar-refractivity contribution in [1.82, 2.24) is 10.3 Å². The first-order valence-electron chi connectivity index (χ1n) is 5.30. The predicted octanol–water partition coefficient (Wildman–Crippen LogP) is 1.87. The van der Waals surface area contributed by atoms with E-state index in [0.29, 0.717) is 11.7 Å². The van der Waals surface area contributed by atoms with Gasteiger partial charge in [0.25, 0.3) is 0 Å². The molecule has 1 aliphatic heterocycles. The third kappa shape index (κ3) is 3.13. The lowest BCUT2D eigenvalue weighted by atomic mass is 10.2. The molecule has 1 aliphatic rings. The van der Waals surface area contributed by atoms with Crippen LogP contribution in [0.4, 0.5) is 10.6 Å². The highest BCUT2D eigenvalue weighted by Gasteiger charge is 2.18. The molecule has 0 aromatic carbocycles. The summed E-state index contributed by atoms with van der Waals surface area (Å²) in [6.07, 6.45) is 0. The number of hydrogen-bond acceptors (Lipinski definition) is 3. The van der Waals surface area contributed by atoms with E-state index in [1.54, 1.807) is 6.07 Å². The van der Waals surface area contributed by atoms with Crippen LogP contribution in [0.15, 0.2) is 18.2 Å². The summed E-state index contributed by atoms with van der Waals surface area (Å²) in [6, 6.07) is 5.39. The summed E-state index contributed by atoms with van der Waals surface area (Å²) in [5, 5.41) is 5.57. The summed E-state index contributed by atoms with van der Waals surface area (Å²) in [6.45, 7) is 2.65. The number of aryl methyl sites for hydroxylation is 1. The van der Waals surface area contributed by atoms with Gasteiger partial charge in [0.05, 0.1) is 0 Å². The van der Waals surface area contributed by atoms with Crippen molar-refractivity contribution in [3.8, 4) is 0 Å². The molecule has 0 saturated carbocycles. The maximum Gasteiger partial charge on any atom is 0.320 e. The number of nitrogens with one attached hydrogen (secondary N) is 2. The van der Waals surface area contributed by atoms with Crippen LogP contribution >= 0.6 is 11.8 Å². The van der Waals surface area contributed by atoms with Crippen molar-refractivity contribution in [2.45, 2.75) is 6.92 Å². The summed E-state index contributed by atoms with van der Waals surface area (Å²) >= 11 is 1.92. The Morgan fingerprint density at radius 1 is 1.56 bits per heavy atom. The van der Waals surface area contributed by atoms with Gasteiger partial charge in [0.2, 0.25) is 0 Å². The Morgan fingerprint density at radius 3 is 3.00 bits per heavy atom. The number of pyridine rings is 1. The van der Waals surface area contributed by atoms with E-state index in [0.717, 1.165) is 23.7 Å². The van der Waals surface area contributed by atoms with Crippen LogP contribution in [0.3, 0.4) is 0 Å². The molecule has 5 heteroatoms. The molecule has 1 aromatic heterocycles. The van der Waals surface area contributed by atoms with E-state index in [2.05, 4.69) is 15.6 Å². The Hall–Kier alpha value is -1.23. The first kappa shape index (κ1) is 11.3. The maximum atomic E-state index is 11.5. The van der Waals surface area contributed by atoms with Crippen molar-refractivity contribution in [3.05, 3.63) is 23.9 Å². The van der Waals surface area contributed by atoms with Crippen LogP contribution in [0.5, 0.6) is 0 Å². The van der Waals surface area contributed by atoms with Gasteiger partial charge in [0.15, 0.2) is 0 Å². The van der Waals surface area contributed by atoms with Gasteiger partial charge in [0, 0.05) is 12.2 Å². The molecule has 2 N–H and O–H groups in total. The number of aromatic nitrogens is 1. The van der Waals surface area contributed by atoms with Gasteiger partial charge in [-0.3, -0.25) is 5.32 Å². The average Bonchev–Trinajstić information content (AvgIpc) is 2.15. The second kappa shape index (κ2) is 5.21. The molecule has 1 aromatic rings. The standard InChI is InChI=1S/C11H15N3OS/c1-8-3-2-4-10(13-8)14-11(15)12-5-9-6-16-7-9/h2-4,9H,5-7H2,1H3,(H2,12,13,14,15). The van der Waals surface area contributed by atoms with Crippen molar-refractivity contribution in [2.75, 3.05) is 23.4 Å². The highest BCUT2D eigenvalue weighted by atomic mass is 32.2. The van der Waals surface area contributed by atoms with Crippen molar-refractivity contribution in [2.24, 2.45) is 5.92 Å². The van der Waals surface area contributed by atoms with Crippen molar-refractivity contribution >= 4 is 23.6 Å². The number of thioether (sulfide) groups is 1. The van der Waals surface area contributed by atoms with E-state index < -0.39 is 0 Å². The number of carbonyl (C=O) groups is 1. The Labute approximate surface area is 99.2 Å². The Morgan fingerprint density at radius 2 is 2.38 bits per heavy atom. The lowest BCUT2D eigenvalue weighted by Gasteiger charge is -2.24. The van der Waals surface area contributed by atoms with Crippen LogP contribution in [0.25, 0.3) is 0 Å². The minimum absolute atomic E-state index is 0.171. The molecule has 0 aliphatic carbocycles. The fourth-order valence-electron chi connectivity index (χ4n) is 1.41. The van der Waals surface area contributed by atoms with Crippen molar-refractivity contribution in [3.63, 3.8) is 0 Å². The summed E-state index contributed by atoms with van der Waals surface area (Å²) < 4.78 is 0. The highest BCUT2D eigenvalue weighted by molar-refractivity contribution is 8.00. The molecule has 4 nitrogen and oxygen atoms in total. The number of urea groups is 1. The summed E-state index contributed by atoms with van der Waals surface area (Å²) in [7, 11) is 0. The fourth-order valence-corrected chi connectivity index (χ4v) is 2.22. The quantitative estimate of drug-likeness (QED) is 0.844. The molecular weight excluding hydrogens is 222 g/mol. The molecule has 2 heterocycles. The fraction of sp³-hybridized carbons (Fsp3) is 0.455. The zero-order valence-electron chi connectivity index (χ0n) is 9.19. The van der Waals surface area contributed by atoms with Crippen LogP contribution < -0.4 is 10.6 Å². The normalized spacial score (nSPS) is 15.3. The van der Waals surface area contributed by atoms with Crippen LogP contribution in [-0.4, -0.2) is 29.1 Å². The van der Waals surface area contributed by atoms with Gasteiger partial charge in [-0.2, -0.15) is 11.8 Å². The van der Waals surface area contributed by atoms with E-state index in [4.69, 9.17) is 0 Å². The SMILES string of the molecule is Cc1cccc(NC(=O)NCC2CSC2)n1. The smallest absolute Gasteiger partial charge is 0.320 e. The molecule has 2 rings (SSSR count). The Balaban J connectivity index is 1.77. The van der Waals surface area contributed by atoms with Crippen LogP contribution in [0.1, 0.15) is 5.69 Å². The summed E-state index contributed by atoms with van der Waals surface area (Å²) in [5.41, 5.74) is 0.896. The molecule has 0 spiro atoms. The number of anilines is 1. The number of amides is 2. The maximum absolute atomic E-state index is 11.5.